The number of rotatable bonds is 2. The van der Waals surface area contributed by atoms with Crippen LogP contribution in [-0.4, -0.2) is 10.2 Å². The molecule has 2 unspecified atom stereocenters. The molecule has 0 radical (unpaired) electrons. The van der Waals surface area contributed by atoms with Gasteiger partial charge >= 0.3 is 0 Å². The Morgan fingerprint density at radius 1 is 1.28 bits per heavy atom. The molecule has 1 saturated carbocycles. The van der Waals surface area contributed by atoms with Crippen LogP contribution in [0, 0.1) is 19.8 Å². The number of hydrogen-bond donors (Lipinski definition) is 2. The van der Waals surface area contributed by atoms with Crippen LogP contribution in [0.5, 0.6) is 0 Å². The Morgan fingerprint density at radius 2 is 2.00 bits per heavy atom. The highest BCUT2D eigenvalue weighted by atomic mass is 15.2. The fraction of sp³-hybridized carbons (Fsp3) is 0.400. The van der Waals surface area contributed by atoms with Gasteiger partial charge in [0.15, 0.2) is 5.82 Å². The molecule has 94 valence electrons. The highest BCUT2D eigenvalue weighted by Gasteiger charge is 2.38. The van der Waals surface area contributed by atoms with Gasteiger partial charge in [0.2, 0.25) is 0 Å². The van der Waals surface area contributed by atoms with Crippen LogP contribution >= 0.6 is 0 Å². The number of nitrogen functional groups attached to an aromatic ring is 1. The molecule has 1 aromatic carbocycles. The third-order valence-corrected chi connectivity index (χ3v) is 4.10. The molecule has 0 amide bonds. The Labute approximate surface area is 107 Å². The third kappa shape index (κ3) is 1.70. The molecule has 3 nitrogen and oxygen atoms in total. The molecule has 1 aromatic heterocycles. The molecule has 1 fully saturated rings. The predicted molar refractivity (Wildman–Crippen MR) is 74.4 cm³/mol. The Morgan fingerprint density at radius 3 is 2.61 bits per heavy atom. The number of nitrogens with one attached hydrogen (secondary N) is 1. The van der Waals surface area contributed by atoms with Crippen LogP contribution in [-0.2, 0) is 0 Å². The van der Waals surface area contributed by atoms with Crippen molar-refractivity contribution in [3.8, 4) is 11.1 Å². The summed E-state index contributed by atoms with van der Waals surface area (Å²) in [5, 5.41) is 7.32. The average Bonchev–Trinajstić information content (AvgIpc) is 2.92. The molecule has 18 heavy (non-hydrogen) atoms. The van der Waals surface area contributed by atoms with E-state index in [1.165, 1.54) is 28.8 Å². The number of H-pyrrole nitrogens is 1. The van der Waals surface area contributed by atoms with Gasteiger partial charge in [-0.05, 0) is 42.9 Å². The zero-order chi connectivity index (χ0) is 12.9. The normalized spacial score (nSPS) is 22.2. The van der Waals surface area contributed by atoms with E-state index in [2.05, 4.69) is 49.2 Å². The predicted octanol–water partition coefficient (Wildman–Crippen LogP) is 3.40. The number of nitrogens with zero attached hydrogens (tertiary/aromatic N) is 1. The lowest BCUT2D eigenvalue weighted by Gasteiger charge is -2.07. The van der Waals surface area contributed by atoms with Crippen molar-refractivity contribution in [1.82, 2.24) is 10.2 Å². The van der Waals surface area contributed by atoms with Gasteiger partial charge < -0.3 is 5.73 Å². The zero-order valence-corrected chi connectivity index (χ0v) is 11.1. The van der Waals surface area contributed by atoms with E-state index in [4.69, 9.17) is 5.73 Å². The molecule has 0 saturated heterocycles. The summed E-state index contributed by atoms with van der Waals surface area (Å²) in [6, 6.07) is 6.49. The van der Waals surface area contributed by atoms with Gasteiger partial charge in [-0.1, -0.05) is 25.1 Å². The van der Waals surface area contributed by atoms with Crippen LogP contribution in [0.4, 0.5) is 5.82 Å². The summed E-state index contributed by atoms with van der Waals surface area (Å²) in [6.07, 6.45) is 1.24. The molecule has 1 aliphatic rings. The van der Waals surface area contributed by atoms with Crippen molar-refractivity contribution in [3.05, 3.63) is 35.0 Å². The van der Waals surface area contributed by atoms with Crippen LogP contribution in [0.1, 0.15) is 36.1 Å². The molecule has 2 aromatic rings. The third-order valence-electron chi connectivity index (χ3n) is 4.10. The summed E-state index contributed by atoms with van der Waals surface area (Å²) in [5.41, 5.74) is 12.1. The Kier molecular flexibility index (Phi) is 2.44. The smallest absolute Gasteiger partial charge is 0.153 e. The van der Waals surface area contributed by atoms with Gasteiger partial charge in [0.05, 0.1) is 0 Å². The second-order valence-electron chi connectivity index (χ2n) is 5.52. The van der Waals surface area contributed by atoms with Crippen molar-refractivity contribution in [2.75, 3.05) is 5.73 Å². The van der Waals surface area contributed by atoms with E-state index in [1.54, 1.807) is 0 Å². The second kappa shape index (κ2) is 3.87. The van der Waals surface area contributed by atoms with Gasteiger partial charge in [0.1, 0.15) is 0 Å². The molecule has 3 N–H and O–H groups in total. The molecule has 2 atom stereocenters. The topological polar surface area (TPSA) is 54.7 Å². The zero-order valence-electron chi connectivity index (χ0n) is 11.1. The van der Waals surface area contributed by atoms with Crippen molar-refractivity contribution >= 4 is 5.82 Å². The summed E-state index contributed by atoms with van der Waals surface area (Å²) >= 11 is 0. The molecule has 1 heterocycles. The average molecular weight is 241 g/mol. The van der Waals surface area contributed by atoms with Gasteiger partial charge in [-0.25, -0.2) is 0 Å². The maximum absolute atomic E-state index is 6.03. The lowest BCUT2D eigenvalue weighted by molar-refractivity contribution is 0.873. The van der Waals surface area contributed by atoms with E-state index in [0.717, 1.165) is 11.5 Å². The van der Waals surface area contributed by atoms with Crippen molar-refractivity contribution in [2.45, 2.75) is 33.1 Å². The molecular weight excluding hydrogens is 222 g/mol. The minimum atomic E-state index is 0.603. The van der Waals surface area contributed by atoms with E-state index in [0.29, 0.717) is 11.7 Å². The van der Waals surface area contributed by atoms with Crippen LogP contribution < -0.4 is 5.73 Å². The van der Waals surface area contributed by atoms with Crippen LogP contribution in [0.3, 0.4) is 0 Å². The first kappa shape index (κ1) is 11.3. The van der Waals surface area contributed by atoms with E-state index in [9.17, 15) is 0 Å². The van der Waals surface area contributed by atoms with Crippen molar-refractivity contribution < 1.29 is 0 Å². The largest absolute Gasteiger partial charge is 0.382 e. The lowest BCUT2D eigenvalue weighted by Crippen LogP contribution is -1.92. The van der Waals surface area contributed by atoms with E-state index < -0.39 is 0 Å². The number of aromatic nitrogens is 2. The molecular formula is C15H19N3. The summed E-state index contributed by atoms with van der Waals surface area (Å²) in [6.45, 7) is 6.53. The van der Waals surface area contributed by atoms with Gasteiger partial charge in [-0.15, -0.1) is 0 Å². The summed E-state index contributed by atoms with van der Waals surface area (Å²) in [7, 11) is 0. The second-order valence-corrected chi connectivity index (χ2v) is 5.52. The minimum Gasteiger partial charge on any atom is -0.382 e. The quantitative estimate of drug-likeness (QED) is 0.846. The van der Waals surface area contributed by atoms with Crippen molar-refractivity contribution in [1.29, 1.82) is 0 Å². The monoisotopic (exact) mass is 241 g/mol. The minimum absolute atomic E-state index is 0.603. The maximum atomic E-state index is 6.03. The highest BCUT2D eigenvalue weighted by molar-refractivity contribution is 5.77. The Bertz CT molecular complexity index is 598. The molecule has 0 spiro atoms. The Hall–Kier alpha value is -1.77. The van der Waals surface area contributed by atoms with Crippen LogP contribution in [0.15, 0.2) is 18.2 Å². The first-order valence-corrected chi connectivity index (χ1v) is 6.49. The number of anilines is 1. The van der Waals surface area contributed by atoms with E-state index >= 15 is 0 Å². The molecule has 3 rings (SSSR count). The van der Waals surface area contributed by atoms with Gasteiger partial charge in [0.25, 0.3) is 0 Å². The first-order chi connectivity index (χ1) is 8.58. The number of aryl methyl sites for hydroxylation is 2. The molecule has 1 aliphatic carbocycles. The van der Waals surface area contributed by atoms with Gasteiger partial charge in [-0.3, -0.25) is 5.10 Å². The number of hydrogen-bond acceptors (Lipinski definition) is 2. The standard InChI is InChI=1S/C15H19N3/c1-8-4-5-11(6-9(8)2)13-14(12-7-10(12)3)17-18-15(13)16/h4-6,10,12H,7H2,1-3H3,(H3,16,17,18). The lowest BCUT2D eigenvalue weighted by atomic mass is 9.98. The van der Waals surface area contributed by atoms with Crippen molar-refractivity contribution in [3.63, 3.8) is 0 Å². The highest BCUT2D eigenvalue weighted by Crippen LogP contribution is 2.50. The molecule has 0 bridgehead atoms. The number of benzene rings is 1. The number of nitrogens with two attached hydrogens (primary N) is 1. The SMILES string of the molecule is Cc1ccc(-c2c(N)n[nH]c2C2CC2C)cc1C. The van der Waals surface area contributed by atoms with Crippen LogP contribution in [0.25, 0.3) is 11.1 Å². The van der Waals surface area contributed by atoms with Gasteiger partial charge in [-0.2, -0.15) is 5.10 Å². The maximum Gasteiger partial charge on any atom is 0.153 e. The Balaban J connectivity index is 2.10. The van der Waals surface area contributed by atoms with Crippen LogP contribution in [0.2, 0.25) is 0 Å². The molecule has 3 heteroatoms. The molecule has 0 aliphatic heterocycles. The van der Waals surface area contributed by atoms with E-state index in [-0.39, 0.29) is 0 Å². The van der Waals surface area contributed by atoms with Crippen molar-refractivity contribution in [2.24, 2.45) is 5.92 Å². The summed E-state index contributed by atoms with van der Waals surface area (Å²) < 4.78 is 0. The fourth-order valence-corrected chi connectivity index (χ4v) is 2.56. The van der Waals surface area contributed by atoms with E-state index in [1.807, 2.05) is 0 Å². The summed E-state index contributed by atoms with van der Waals surface area (Å²) in [5.74, 6) is 1.97. The number of aromatic amines is 1. The fourth-order valence-electron chi connectivity index (χ4n) is 2.56. The van der Waals surface area contributed by atoms with Gasteiger partial charge in [0, 0.05) is 17.2 Å². The summed E-state index contributed by atoms with van der Waals surface area (Å²) in [4.78, 5) is 0. The first-order valence-electron chi connectivity index (χ1n) is 6.49.